The van der Waals surface area contributed by atoms with Gasteiger partial charge in [-0.25, -0.2) is 9.36 Å². The lowest BCUT2D eigenvalue weighted by molar-refractivity contribution is 0.456. The number of nitrogens with zero attached hydrogens (tertiary/aromatic N) is 1. The molecule has 1 aromatic heterocycles. The molecule has 0 aliphatic carbocycles. The van der Waals surface area contributed by atoms with E-state index in [0.29, 0.717) is 16.5 Å². The molecule has 22 heavy (non-hydrogen) atoms. The number of hydrogen-bond acceptors (Lipinski definition) is 3. The van der Waals surface area contributed by atoms with Crippen LogP contribution in [0.4, 0.5) is 0 Å². The maximum atomic E-state index is 12.2. The van der Waals surface area contributed by atoms with Gasteiger partial charge in [0.05, 0.1) is 11.8 Å². The van der Waals surface area contributed by atoms with Crippen molar-refractivity contribution in [1.82, 2.24) is 9.55 Å². The van der Waals surface area contributed by atoms with Crippen molar-refractivity contribution in [2.75, 3.05) is 0 Å². The molecule has 0 aliphatic rings. The van der Waals surface area contributed by atoms with E-state index in [4.69, 9.17) is 16.3 Å². The van der Waals surface area contributed by atoms with E-state index in [-0.39, 0.29) is 5.88 Å². The topological polar surface area (TPSA) is 64.1 Å². The Kier molecular flexibility index (Phi) is 3.80. The van der Waals surface area contributed by atoms with Gasteiger partial charge in [0.25, 0.3) is 5.56 Å². The lowest BCUT2D eigenvalue weighted by atomic mass is 10.3. The van der Waals surface area contributed by atoms with E-state index in [9.17, 15) is 9.59 Å². The third kappa shape index (κ3) is 2.94. The van der Waals surface area contributed by atoms with E-state index >= 15 is 0 Å². The van der Waals surface area contributed by atoms with Crippen LogP contribution < -0.4 is 16.0 Å². The van der Waals surface area contributed by atoms with Crippen LogP contribution in [0.1, 0.15) is 0 Å². The summed E-state index contributed by atoms with van der Waals surface area (Å²) in [5.74, 6) is 0.490. The Balaban J connectivity index is 2.00. The molecule has 1 N–H and O–H groups in total. The first-order valence-electron chi connectivity index (χ1n) is 6.49. The minimum atomic E-state index is -0.573. The van der Waals surface area contributed by atoms with Crippen LogP contribution in [0.25, 0.3) is 5.69 Å². The summed E-state index contributed by atoms with van der Waals surface area (Å²) in [6.45, 7) is 0. The van der Waals surface area contributed by atoms with Crippen LogP contribution in [0.15, 0.2) is 70.3 Å². The van der Waals surface area contributed by atoms with Gasteiger partial charge in [-0.15, -0.1) is 0 Å². The van der Waals surface area contributed by atoms with Gasteiger partial charge in [-0.3, -0.25) is 9.78 Å². The van der Waals surface area contributed by atoms with Crippen molar-refractivity contribution >= 4 is 11.6 Å². The average molecular weight is 315 g/mol. The number of ether oxygens (including phenoxy) is 1. The summed E-state index contributed by atoms with van der Waals surface area (Å²) in [7, 11) is 0. The Bertz CT molecular complexity index is 885. The number of hydrogen-bond donors (Lipinski definition) is 1. The Labute approximate surface area is 130 Å². The predicted octanol–water partition coefficient (Wildman–Crippen LogP) is 2.97. The van der Waals surface area contributed by atoms with Crippen LogP contribution in [-0.2, 0) is 0 Å². The number of nitrogens with one attached hydrogen (secondary N) is 1. The standard InChI is InChI=1S/C16H11ClN2O3/c17-11-5-4-8-13(9-11)22-14-10-15(20)19(16(21)18-14)12-6-2-1-3-7-12/h1-10H,(H,18,21). The van der Waals surface area contributed by atoms with Crippen molar-refractivity contribution < 1.29 is 4.74 Å². The zero-order chi connectivity index (χ0) is 15.5. The first kappa shape index (κ1) is 14.2. The van der Waals surface area contributed by atoms with Gasteiger partial charge in [0, 0.05) is 5.02 Å². The average Bonchev–Trinajstić information content (AvgIpc) is 2.47. The molecule has 6 heteroatoms. The number of aromatic nitrogens is 2. The van der Waals surface area contributed by atoms with Crippen LogP contribution in [-0.4, -0.2) is 9.55 Å². The minimum Gasteiger partial charge on any atom is -0.441 e. The van der Waals surface area contributed by atoms with Crippen LogP contribution in [0.3, 0.4) is 0 Å². The van der Waals surface area contributed by atoms with E-state index in [2.05, 4.69) is 4.98 Å². The molecule has 2 aromatic carbocycles. The molecule has 0 bridgehead atoms. The lowest BCUT2D eigenvalue weighted by Gasteiger charge is -2.08. The summed E-state index contributed by atoms with van der Waals surface area (Å²) in [5.41, 5.74) is -0.564. The Morgan fingerprint density at radius 1 is 0.955 bits per heavy atom. The molecule has 0 amide bonds. The molecular formula is C16H11ClN2O3. The molecule has 0 fully saturated rings. The molecule has 0 saturated heterocycles. The SMILES string of the molecule is O=c1cc(Oc2cccc(Cl)c2)[nH]c(=O)n1-c1ccccc1. The fraction of sp³-hybridized carbons (Fsp3) is 0. The monoisotopic (exact) mass is 314 g/mol. The highest BCUT2D eigenvalue weighted by molar-refractivity contribution is 6.30. The second-order valence-corrected chi connectivity index (χ2v) is 4.94. The largest absolute Gasteiger partial charge is 0.441 e. The Morgan fingerprint density at radius 2 is 1.73 bits per heavy atom. The Hall–Kier alpha value is -2.79. The number of benzene rings is 2. The molecule has 0 saturated carbocycles. The van der Waals surface area contributed by atoms with Crippen LogP contribution in [0, 0.1) is 0 Å². The quantitative estimate of drug-likeness (QED) is 0.808. The maximum absolute atomic E-state index is 12.2. The highest BCUT2D eigenvalue weighted by Gasteiger charge is 2.08. The van der Waals surface area contributed by atoms with Gasteiger partial charge < -0.3 is 4.74 Å². The highest BCUT2D eigenvalue weighted by Crippen LogP contribution is 2.21. The summed E-state index contributed by atoms with van der Waals surface area (Å²) < 4.78 is 6.49. The lowest BCUT2D eigenvalue weighted by Crippen LogP contribution is -2.32. The van der Waals surface area contributed by atoms with Gasteiger partial charge in [-0.1, -0.05) is 35.9 Å². The van der Waals surface area contributed by atoms with Gasteiger partial charge in [0.15, 0.2) is 0 Å². The smallest absolute Gasteiger partial charge is 0.335 e. The van der Waals surface area contributed by atoms with E-state index in [1.165, 1.54) is 6.07 Å². The van der Waals surface area contributed by atoms with Gasteiger partial charge in [-0.2, -0.15) is 0 Å². The van der Waals surface area contributed by atoms with E-state index in [1.54, 1.807) is 54.6 Å². The third-order valence-electron chi connectivity index (χ3n) is 2.95. The zero-order valence-electron chi connectivity index (χ0n) is 11.3. The van der Waals surface area contributed by atoms with Crippen molar-refractivity contribution in [2.24, 2.45) is 0 Å². The molecule has 0 aliphatic heterocycles. The number of H-pyrrole nitrogens is 1. The number of para-hydroxylation sites is 1. The van der Waals surface area contributed by atoms with Crippen molar-refractivity contribution in [2.45, 2.75) is 0 Å². The molecule has 0 unspecified atom stereocenters. The molecule has 0 spiro atoms. The minimum absolute atomic E-state index is 0.0597. The van der Waals surface area contributed by atoms with Crippen molar-refractivity contribution in [3.8, 4) is 17.3 Å². The Morgan fingerprint density at radius 3 is 2.41 bits per heavy atom. The number of rotatable bonds is 3. The van der Waals surface area contributed by atoms with Crippen LogP contribution in [0.5, 0.6) is 11.6 Å². The van der Waals surface area contributed by atoms with E-state index in [0.717, 1.165) is 4.57 Å². The molecule has 0 atom stereocenters. The van der Waals surface area contributed by atoms with Gasteiger partial charge >= 0.3 is 5.69 Å². The normalized spacial score (nSPS) is 10.4. The predicted molar refractivity (Wildman–Crippen MR) is 84.2 cm³/mol. The summed E-state index contributed by atoms with van der Waals surface area (Å²) in [6, 6.07) is 16.5. The fourth-order valence-corrected chi connectivity index (χ4v) is 2.19. The summed E-state index contributed by atoms with van der Waals surface area (Å²) in [4.78, 5) is 26.8. The summed E-state index contributed by atoms with van der Waals surface area (Å²) >= 11 is 5.86. The number of aromatic amines is 1. The van der Waals surface area contributed by atoms with E-state index < -0.39 is 11.2 Å². The van der Waals surface area contributed by atoms with Crippen LogP contribution >= 0.6 is 11.6 Å². The van der Waals surface area contributed by atoms with Crippen molar-refractivity contribution in [3.63, 3.8) is 0 Å². The molecule has 5 nitrogen and oxygen atoms in total. The van der Waals surface area contributed by atoms with Crippen LogP contribution in [0.2, 0.25) is 5.02 Å². The molecule has 1 heterocycles. The van der Waals surface area contributed by atoms with Crippen molar-refractivity contribution in [3.05, 3.63) is 86.5 Å². The van der Waals surface area contributed by atoms with Gasteiger partial charge in [-0.05, 0) is 30.3 Å². The van der Waals surface area contributed by atoms with E-state index in [1.807, 2.05) is 0 Å². The second-order valence-electron chi connectivity index (χ2n) is 4.51. The van der Waals surface area contributed by atoms with Gasteiger partial charge in [0.2, 0.25) is 5.88 Å². The zero-order valence-corrected chi connectivity index (χ0v) is 12.1. The second kappa shape index (κ2) is 5.91. The molecule has 110 valence electrons. The first-order valence-corrected chi connectivity index (χ1v) is 6.86. The number of halogens is 1. The third-order valence-corrected chi connectivity index (χ3v) is 3.18. The first-order chi connectivity index (χ1) is 10.6. The van der Waals surface area contributed by atoms with Gasteiger partial charge in [0.1, 0.15) is 5.75 Å². The molecular weight excluding hydrogens is 304 g/mol. The highest BCUT2D eigenvalue weighted by atomic mass is 35.5. The molecule has 0 radical (unpaired) electrons. The summed E-state index contributed by atoms with van der Waals surface area (Å²) in [5, 5.41) is 0.498. The molecule has 3 aromatic rings. The van der Waals surface area contributed by atoms with Crippen molar-refractivity contribution in [1.29, 1.82) is 0 Å². The maximum Gasteiger partial charge on any atom is 0.335 e. The molecule has 3 rings (SSSR count). The fourth-order valence-electron chi connectivity index (χ4n) is 2.01. The summed E-state index contributed by atoms with van der Waals surface area (Å²) in [6.07, 6.45) is 0.